The normalized spacial score (nSPS) is 17.4. The first kappa shape index (κ1) is 16.2. The fourth-order valence-corrected chi connectivity index (χ4v) is 3.03. The molecule has 0 aromatic carbocycles. The molecular weight excluding hydrogens is 280 g/mol. The Bertz CT molecular complexity index is 483. The molecule has 4 nitrogen and oxygen atoms in total. The van der Waals surface area contributed by atoms with E-state index in [0.29, 0.717) is 11.8 Å². The van der Waals surface area contributed by atoms with Crippen LogP contribution < -0.4 is 16.4 Å². The van der Waals surface area contributed by atoms with Crippen LogP contribution in [-0.4, -0.2) is 29.6 Å². The number of nitrogens with one attached hydrogen (secondary N) is 2. The quantitative estimate of drug-likeness (QED) is 0.729. The fraction of sp³-hybridized carbons (Fsp3) is 0.625. The first-order chi connectivity index (χ1) is 10.1. The van der Waals surface area contributed by atoms with Gasteiger partial charge < -0.3 is 16.4 Å². The summed E-state index contributed by atoms with van der Waals surface area (Å²) < 4.78 is 0. The zero-order valence-corrected chi connectivity index (χ0v) is 13.8. The predicted molar refractivity (Wildman–Crippen MR) is 92.7 cm³/mol. The van der Waals surface area contributed by atoms with Gasteiger partial charge in [-0.25, -0.2) is 0 Å². The van der Waals surface area contributed by atoms with Crippen molar-refractivity contribution >= 4 is 22.9 Å². The molecule has 1 unspecified atom stereocenters. The number of piperidine rings is 1. The monoisotopic (exact) mass is 306 g/mol. The van der Waals surface area contributed by atoms with Crippen molar-refractivity contribution in [1.29, 1.82) is 0 Å². The highest BCUT2D eigenvalue weighted by Gasteiger charge is 2.18. The molecule has 4 N–H and O–H groups in total. The smallest absolute Gasteiger partial charge is 0.110 e. The van der Waals surface area contributed by atoms with Crippen LogP contribution in [0.4, 0.5) is 5.69 Å². The number of rotatable bonds is 5. The van der Waals surface area contributed by atoms with E-state index in [4.69, 9.17) is 18.0 Å². The van der Waals surface area contributed by atoms with Crippen LogP contribution in [0.1, 0.15) is 50.3 Å². The molecule has 2 rings (SSSR count). The summed E-state index contributed by atoms with van der Waals surface area (Å²) in [5.74, 6) is 1.05. The van der Waals surface area contributed by atoms with E-state index < -0.39 is 0 Å². The third-order valence-corrected chi connectivity index (χ3v) is 4.68. The van der Waals surface area contributed by atoms with Gasteiger partial charge in [-0.3, -0.25) is 4.98 Å². The molecular formula is C16H26N4S. The van der Waals surface area contributed by atoms with Crippen molar-refractivity contribution in [2.24, 2.45) is 5.92 Å². The molecule has 1 aliphatic rings. The number of hydrogen-bond donors (Lipinski definition) is 3. The molecule has 1 atom stereocenters. The molecule has 0 bridgehead atoms. The summed E-state index contributed by atoms with van der Waals surface area (Å²) in [5, 5.41) is 6.80. The van der Waals surface area contributed by atoms with Gasteiger partial charge in [0, 0.05) is 18.4 Å². The maximum atomic E-state index is 6.15. The average Bonchev–Trinajstić information content (AvgIpc) is 2.52. The Labute approximate surface area is 132 Å². The highest BCUT2D eigenvalue weighted by Crippen LogP contribution is 2.25. The molecule has 0 saturated carbocycles. The lowest BCUT2D eigenvalue weighted by molar-refractivity contribution is 0.373. The number of aromatic nitrogens is 1. The van der Waals surface area contributed by atoms with Crippen LogP contribution in [0.25, 0.3) is 0 Å². The van der Waals surface area contributed by atoms with Crippen LogP contribution in [0.2, 0.25) is 0 Å². The van der Waals surface area contributed by atoms with Crippen LogP contribution >= 0.6 is 12.2 Å². The van der Waals surface area contributed by atoms with Gasteiger partial charge in [0.05, 0.1) is 11.3 Å². The third kappa shape index (κ3) is 4.14. The Morgan fingerprint density at radius 3 is 2.90 bits per heavy atom. The number of thiocarbonyl (C=S) groups is 1. The van der Waals surface area contributed by atoms with Gasteiger partial charge in [-0.05, 0) is 50.3 Å². The maximum Gasteiger partial charge on any atom is 0.110 e. The first-order valence-electron chi connectivity index (χ1n) is 7.86. The van der Waals surface area contributed by atoms with E-state index in [2.05, 4.69) is 29.5 Å². The van der Waals surface area contributed by atoms with Gasteiger partial charge in [0.15, 0.2) is 0 Å². The first-order valence-corrected chi connectivity index (χ1v) is 8.27. The highest BCUT2D eigenvalue weighted by molar-refractivity contribution is 7.80. The average molecular weight is 306 g/mol. The van der Waals surface area contributed by atoms with Crippen molar-refractivity contribution in [3.05, 3.63) is 23.5 Å². The van der Waals surface area contributed by atoms with E-state index in [0.717, 1.165) is 48.0 Å². The Kier molecular flexibility index (Phi) is 5.94. The molecule has 0 radical (unpaired) electrons. The van der Waals surface area contributed by atoms with E-state index in [1.54, 1.807) is 6.20 Å². The summed E-state index contributed by atoms with van der Waals surface area (Å²) in [5.41, 5.74) is 8.81. The molecule has 1 aromatic rings. The standard InChI is InChI=1S/C16H26N4S/c1-3-11(2)15-14(13(17)6-9-19-15)16(21)20-10-12-4-7-18-8-5-12/h6,9,11-12,18H,3-5,7-8,10H2,1-2H3,(H2,17,19)(H,20,21). The second-order valence-corrected chi connectivity index (χ2v) is 6.28. The minimum absolute atomic E-state index is 0.363. The van der Waals surface area contributed by atoms with Gasteiger partial charge in [-0.2, -0.15) is 0 Å². The molecule has 21 heavy (non-hydrogen) atoms. The predicted octanol–water partition coefficient (Wildman–Crippen LogP) is 2.44. The van der Waals surface area contributed by atoms with Crippen LogP contribution in [0.15, 0.2) is 12.3 Å². The zero-order chi connectivity index (χ0) is 15.2. The van der Waals surface area contributed by atoms with Crippen LogP contribution in [0.3, 0.4) is 0 Å². The Hall–Kier alpha value is -1.20. The third-order valence-electron chi connectivity index (χ3n) is 4.33. The number of nitrogens with zero attached hydrogens (tertiary/aromatic N) is 1. The molecule has 116 valence electrons. The molecule has 5 heteroatoms. The second kappa shape index (κ2) is 7.71. The number of pyridine rings is 1. The van der Waals surface area contributed by atoms with E-state index in [1.807, 2.05) is 6.07 Å². The second-order valence-electron chi connectivity index (χ2n) is 5.87. The lowest BCUT2D eigenvalue weighted by Crippen LogP contribution is -2.36. The molecule has 0 aliphatic carbocycles. The zero-order valence-electron chi connectivity index (χ0n) is 13.0. The lowest BCUT2D eigenvalue weighted by Gasteiger charge is -2.24. The fourth-order valence-electron chi connectivity index (χ4n) is 2.72. The minimum Gasteiger partial charge on any atom is -0.398 e. The summed E-state index contributed by atoms with van der Waals surface area (Å²) in [6.07, 6.45) is 5.21. The van der Waals surface area contributed by atoms with Gasteiger partial charge >= 0.3 is 0 Å². The van der Waals surface area contributed by atoms with Crippen molar-refractivity contribution in [3.8, 4) is 0 Å². The minimum atomic E-state index is 0.363. The van der Waals surface area contributed by atoms with E-state index in [1.165, 1.54) is 12.8 Å². The van der Waals surface area contributed by atoms with Crippen molar-refractivity contribution < 1.29 is 0 Å². The van der Waals surface area contributed by atoms with Crippen molar-refractivity contribution in [3.63, 3.8) is 0 Å². The molecule has 2 heterocycles. The van der Waals surface area contributed by atoms with Crippen molar-refractivity contribution in [1.82, 2.24) is 15.6 Å². The largest absolute Gasteiger partial charge is 0.398 e. The maximum absolute atomic E-state index is 6.15. The topological polar surface area (TPSA) is 63.0 Å². The molecule has 0 amide bonds. The van der Waals surface area contributed by atoms with Crippen molar-refractivity contribution in [2.75, 3.05) is 25.4 Å². The lowest BCUT2D eigenvalue weighted by atomic mass is 9.96. The number of hydrogen-bond acceptors (Lipinski definition) is 4. The van der Waals surface area contributed by atoms with Gasteiger partial charge in [-0.1, -0.05) is 26.1 Å². The number of nitrogens with two attached hydrogens (primary N) is 1. The SMILES string of the molecule is CCC(C)c1nccc(N)c1C(=S)NCC1CCNCC1. The summed E-state index contributed by atoms with van der Waals surface area (Å²) in [6.45, 7) is 7.46. The summed E-state index contributed by atoms with van der Waals surface area (Å²) in [7, 11) is 0. The molecule has 1 aromatic heterocycles. The van der Waals surface area contributed by atoms with E-state index >= 15 is 0 Å². The van der Waals surface area contributed by atoms with E-state index in [-0.39, 0.29) is 0 Å². The molecule has 1 saturated heterocycles. The number of anilines is 1. The van der Waals surface area contributed by atoms with Gasteiger partial charge in [0.1, 0.15) is 4.99 Å². The van der Waals surface area contributed by atoms with Crippen LogP contribution in [0, 0.1) is 5.92 Å². The molecule has 0 spiro atoms. The van der Waals surface area contributed by atoms with Crippen molar-refractivity contribution in [2.45, 2.75) is 39.0 Å². The van der Waals surface area contributed by atoms with Gasteiger partial charge in [0.2, 0.25) is 0 Å². The van der Waals surface area contributed by atoms with Gasteiger partial charge in [0.25, 0.3) is 0 Å². The highest BCUT2D eigenvalue weighted by atomic mass is 32.1. The Morgan fingerprint density at radius 1 is 1.52 bits per heavy atom. The molecule has 1 aliphatic heterocycles. The molecule has 1 fully saturated rings. The van der Waals surface area contributed by atoms with Crippen LogP contribution in [-0.2, 0) is 0 Å². The summed E-state index contributed by atoms with van der Waals surface area (Å²) in [6, 6.07) is 1.83. The van der Waals surface area contributed by atoms with Gasteiger partial charge in [-0.15, -0.1) is 0 Å². The number of nitrogen functional groups attached to an aromatic ring is 1. The van der Waals surface area contributed by atoms with E-state index in [9.17, 15) is 0 Å². The Morgan fingerprint density at radius 2 is 2.24 bits per heavy atom. The Balaban J connectivity index is 2.07. The van der Waals surface area contributed by atoms with Crippen LogP contribution in [0.5, 0.6) is 0 Å². The summed E-state index contributed by atoms with van der Waals surface area (Å²) in [4.78, 5) is 5.25. The summed E-state index contributed by atoms with van der Waals surface area (Å²) >= 11 is 5.58.